The summed E-state index contributed by atoms with van der Waals surface area (Å²) >= 11 is 0. The van der Waals surface area contributed by atoms with E-state index in [9.17, 15) is 9.59 Å². The van der Waals surface area contributed by atoms with Gasteiger partial charge in [0.15, 0.2) is 24.6 Å². The summed E-state index contributed by atoms with van der Waals surface area (Å²) in [6.07, 6.45) is 0.791. The van der Waals surface area contributed by atoms with Crippen LogP contribution in [0.15, 0.2) is 12.1 Å². The van der Waals surface area contributed by atoms with Crippen molar-refractivity contribution in [3.8, 4) is 11.5 Å². The summed E-state index contributed by atoms with van der Waals surface area (Å²) in [7, 11) is 3.24. The molecule has 0 saturated heterocycles. The van der Waals surface area contributed by atoms with Crippen molar-refractivity contribution in [2.45, 2.75) is 26.8 Å². The molecule has 0 fully saturated rings. The molecule has 2 N–H and O–H groups in total. The third-order valence-electron chi connectivity index (χ3n) is 4.76. The maximum absolute atomic E-state index is 12.7. The summed E-state index contributed by atoms with van der Waals surface area (Å²) in [4.78, 5) is 27.3. The van der Waals surface area contributed by atoms with Crippen LogP contribution in [0.4, 0.5) is 0 Å². The number of fused-ring (bicyclic) bond motifs is 1. The minimum atomic E-state index is -0.0158. The number of hydrogen-bond acceptors (Lipinski definition) is 4. The molecule has 1 atom stereocenters. The molecule has 1 aliphatic rings. The van der Waals surface area contributed by atoms with Crippen LogP contribution in [0.1, 0.15) is 25.0 Å². The Morgan fingerprint density at radius 1 is 1.12 bits per heavy atom. The van der Waals surface area contributed by atoms with E-state index in [1.807, 2.05) is 30.9 Å². The lowest BCUT2D eigenvalue weighted by molar-refractivity contribution is -0.882. The van der Waals surface area contributed by atoms with Gasteiger partial charge in [-0.3, -0.25) is 9.59 Å². The number of nitrogens with zero attached hydrogens (tertiary/aromatic N) is 1. The van der Waals surface area contributed by atoms with Crippen LogP contribution in [0.3, 0.4) is 0 Å². The molecule has 1 aliphatic heterocycles. The van der Waals surface area contributed by atoms with Crippen molar-refractivity contribution in [1.29, 1.82) is 0 Å². The largest absolute Gasteiger partial charge is 0.493 e. The quantitative estimate of drug-likeness (QED) is 0.660. The Bertz CT molecular complexity index is 648. The average Bonchev–Trinajstić information content (AvgIpc) is 2.65. The monoisotopic (exact) mass is 364 g/mol. The van der Waals surface area contributed by atoms with Crippen LogP contribution in [0.2, 0.25) is 0 Å². The predicted octanol–water partition coefficient (Wildman–Crippen LogP) is -0.371. The van der Waals surface area contributed by atoms with Gasteiger partial charge in [0.05, 0.1) is 20.8 Å². The lowest BCUT2D eigenvalue weighted by Gasteiger charge is -2.30. The lowest BCUT2D eigenvalue weighted by Crippen LogP contribution is -3.14. The van der Waals surface area contributed by atoms with E-state index in [4.69, 9.17) is 9.47 Å². The Kier molecular flexibility index (Phi) is 7.26. The Hall–Kier alpha value is -2.28. The van der Waals surface area contributed by atoms with E-state index >= 15 is 0 Å². The number of carbonyl (C=O) groups excluding carboxylic acids is 2. The number of quaternary nitrogens is 1. The van der Waals surface area contributed by atoms with Gasteiger partial charge in [0.1, 0.15) is 0 Å². The predicted molar refractivity (Wildman–Crippen MR) is 98.6 cm³/mol. The van der Waals surface area contributed by atoms with Crippen molar-refractivity contribution in [3.63, 3.8) is 0 Å². The molecule has 1 heterocycles. The second-order valence-corrected chi connectivity index (χ2v) is 6.45. The highest BCUT2D eigenvalue weighted by molar-refractivity contribution is 5.79. The van der Waals surface area contributed by atoms with Gasteiger partial charge in [-0.2, -0.15) is 0 Å². The van der Waals surface area contributed by atoms with Gasteiger partial charge >= 0.3 is 0 Å². The van der Waals surface area contributed by atoms with Crippen molar-refractivity contribution >= 4 is 11.8 Å². The van der Waals surface area contributed by atoms with Crippen LogP contribution in [0.25, 0.3) is 0 Å². The molecule has 2 rings (SSSR count). The highest BCUT2D eigenvalue weighted by Gasteiger charge is 2.26. The van der Waals surface area contributed by atoms with Gasteiger partial charge in [0.25, 0.3) is 11.8 Å². The van der Waals surface area contributed by atoms with Crippen LogP contribution in [-0.2, 0) is 22.6 Å². The number of carbonyl (C=O) groups is 2. The third-order valence-corrected chi connectivity index (χ3v) is 4.76. The summed E-state index contributed by atoms with van der Waals surface area (Å²) in [5.74, 6) is 1.46. The number of ether oxygens (including phenoxy) is 2. The molecule has 1 unspecified atom stereocenters. The Balaban J connectivity index is 2.02. The molecule has 0 bridgehead atoms. The SMILES string of the molecule is CCNC(=O)C[NH+](CC)CC(=O)N1CCc2cc(OC)c(OC)cc2C1. The summed E-state index contributed by atoms with van der Waals surface area (Å²) in [6.45, 7) is 7.12. The number of benzene rings is 1. The van der Waals surface area contributed by atoms with Gasteiger partial charge in [-0.15, -0.1) is 0 Å². The molecule has 1 aromatic carbocycles. The van der Waals surface area contributed by atoms with Crippen LogP contribution in [0, 0.1) is 0 Å². The van der Waals surface area contributed by atoms with Crippen molar-refractivity contribution in [3.05, 3.63) is 23.3 Å². The number of methoxy groups -OCH3 is 2. The van der Waals surface area contributed by atoms with E-state index < -0.39 is 0 Å². The van der Waals surface area contributed by atoms with Crippen LogP contribution < -0.4 is 19.7 Å². The highest BCUT2D eigenvalue weighted by Crippen LogP contribution is 2.33. The van der Waals surface area contributed by atoms with Crippen molar-refractivity contribution in [1.82, 2.24) is 10.2 Å². The number of rotatable bonds is 8. The maximum Gasteiger partial charge on any atom is 0.278 e. The van der Waals surface area contributed by atoms with Gasteiger partial charge in [-0.05, 0) is 43.5 Å². The average molecular weight is 364 g/mol. The minimum absolute atomic E-state index is 0.0158. The molecule has 7 heteroatoms. The van der Waals surface area contributed by atoms with Crippen LogP contribution in [0.5, 0.6) is 11.5 Å². The molecule has 26 heavy (non-hydrogen) atoms. The normalized spacial score (nSPS) is 14.4. The molecule has 0 radical (unpaired) electrons. The van der Waals surface area contributed by atoms with E-state index in [1.165, 1.54) is 5.56 Å². The van der Waals surface area contributed by atoms with Crippen LogP contribution in [-0.4, -0.2) is 63.7 Å². The van der Waals surface area contributed by atoms with E-state index in [1.54, 1.807) is 14.2 Å². The molecule has 0 aliphatic carbocycles. The first-order chi connectivity index (χ1) is 12.5. The summed E-state index contributed by atoms with van der Waals surface area (Å²) < 4.78 is 10.7. The molecule has 1 aromatic rings. The second-order valence-electron chi connectivity index (χ2n) is 6.45. The molecule has 7 nitrogen and oxygen atoms in total. The molecule has 0 spiro atoms. The zero-order valence-electron chi connectivity index (χ0n) is 16.2. The standard InChI is InChI=1S/C19H29N3O4/c1-5-20-18(23)12-21(6-2)13-19(24)22-8-7-14-9-16(25-3)17(26-4)10-15(14)11-22/h9-10H,5-8,11-13H2,1-4H3,(H,20,23)/p+1. The summed E-state index contributed by atoms with van der Waals surface area (Å²) in [5.41, 5.74) is 2.28. The smallest absolute Gasteiger partial charge is 0.278 e. The van der Waals surface area contributed by atoms with Gasteiger partial charge in [0, 0.05) is 19.6 Å². The molecule has 144 valence electrons. The lowest BCUT2D eigenvalue weighted by atomic mass is 9.98. The number of likely N-dealkylation sites (N-methyl/N-ethyl adjacent to an activating group) is 2. The Morgan fingerprint density at radius 2 is 1.77 bits per heavy atom. The topological polar surface area (TPSA) is 72.3 Å². The van der Waals surface area contributed by atoms with E-state index in [2.05, 4.69) is 5.32 Å². The summed E-state index contributed by atoms with van der Waals surface area (Å²) in [5, 5.41) is 2.79. The fourth-order valence-corrected chi connectivity index (χ4v) is 3.22. The fourth-order valence-electron chi connectivity index (χ4n) is 3.22. The maximum atomic E-state index is 12.7. The van der Waals surface area contributed by atoms with E-state index in [-0.39, 0.29) is 11.8 Å². The number of hydrogen-bond donors (Lipinski definition) is 2. The van der Waals surface area contributed by atoms with Crippen LogP contribution >= 0.6 is 0 Å². The van der Waals surface area contributed by atoms with Gasteiger partial charge in [-0.25, -0.2) is 0 Å². The Labute approximate surface area is 155 Å². The molecular formula is C19H30N3O4+. The van der Waals surface area contributed by atoms with Gasteiger partial charge < -0.3 is 24.6 Å². The minimum Gasteiger partial charge on any atom is -0.493 e. The van der Waals surface area contributed by atoms with Crippen molar-refractivity contribution in [2.75, 3.05) is 46.9 Å². The molecule has 2 amide bonds. The second kappa shape index (κ2) is 9.43. The molecule has 0 saturated carbocycles. The van der Waals surface area contributed by atoms with E-state index in [0.717, 1.165) is 29.2 Å². The third kappa shape index (κ3) is 4.88. The summed E-state index contributed by atoms with van der Waals surface area (Å²) in [6, 6.07) is 3.95. The van der Waals surface area contributed by atoms with Crippen molar-refractivity contribution < 1.29 is 24.0 Å². The van der Waals surface area contributed by atoms with E-state index in [0.29, 0.717) is 38.5 Å². The van der Waals surface area contributed by atoms with Gasteiger partial charge in [-0.1, -0.05) is 0 Å². The first kappa shape index (κ1) is 20.0. The first-order valence-electron chi connectivity index (χ1n) is 9.14. The number of nitrogens with one attached hydrogen (secondary N) is 2. The molecular weight excluding hydrogens is 334 g/mol. The highest BCUT2D eigenvalue weighted by atomic mass is 16.5. The fraction of sp³-hybridized carbons (Fsp3) is 0.579. The molecule has 0 aromatic heterocycles. The first-order valence-corrected chi connectivity index (χ1v) is 9.14. The van der Waals surface area contributed by atoms with Crippen molar-refractivity contribution in [2.24, 2.45) is 0 Å². The Morgan fingerprint density at radius 3 is 2.35 bits per heavy atom. The number of amides is 2. The van der Waals surface area contributed by atoms with Gasteiger partial charge in [0.2, 0.25) is 0 Å². The zero-order valence-corrected chi connectivity index (χ0v) is 16.2. The zero-order chi connectivity index (χ0) is 19.1.